The largest absolute Gasteiger partial charge is 0.341 e. The number of hydrogen-bond donors (Lipinski definition) is 1. The van der Waals surface area contributed by atoms with Crippen LogP contribution in [0.5, 0.6) is 0 Å². The Balaban J connectivity index is 2.22. The van der Waals surface area contributed by atoms with Crippen LogP contribution in [0.2, 0.25) is 0 Å². The summed E-state index contributed by atoms with van der Waals surface area (Å²) < 4.78 is 2.12. The van der Waals surface area contributed by atoms with Crippen molar-refractivity contribution in [1.29, 1.82) is 0 Å². The normalized spacial score (nSPS) is 17.1. The second kappa shape index (κ2) is 4.61. The lowest BCUT2D eigenvalue weighted by atomic mass is 10.1. The molecule has 1 aromatic rings. The minimum atomic E-state index is 0.467. The number of hydrogen-bond acceptors (Lipinski definition) is 4. The lowest BCUT2D eigenvalue weighted by molar-refractivity contribution is 0.553. The second-order valence-electron chi connectivity index (χ2n) is 3.91. The molecule has 1 aliphatic rings. The van der Waals surface area contributed by atoms with Crippen molar-refractivity contribution in [3.63, 3.8) is 0 Å². The average Bonchev–Trinajstić information content (AvgIpc) is 2.72. The molecular formula is C10H19N5. The summed E-state index contributed by atoms with van der Waals surface area (Å²) in [4.78, 5) is 2.32. The third-order valence-corrected chi connectivity index (χ3v) is 2.95. The molecule has 0 aromatic carbocycles. The molecule has 0 bridgehead atoms. The summed E-state index contributed by atoms with van der Waals surface area (Å²) in [7, 11) is 0. The van der Waals surface area contributed by atoms with E-state index in [0.29, 0.717) is 6.54 Å². The molecule has 0 spiro atoms. The minimum Gasteiger partial charge on any atom is -0.341 e. The molecule has 1 saturated heterocycles. The summed E-state index contributed by atoms with van der Waals surface area (Å²) in [6, 6.07) is 0. The van der Waals surface area contributed by atoms with Crippen molar-refractivity contribution in [1.82, 2.24) is 14.8 Å². The van der Waals surface area contributed by atoms with Crippen LogP contribution in [-0.2, 0) is 13.1 Å². The minimum absolute atomic E-state index is 0.467. The molecule has 5 heteroatoms. The van der Waals surface area contributed by atoms with E-state index < -0.39 is 0 Å². The van der Waals surface area contributed by atoms with Gasteiger partial charge in [-0.3, -0.25) is 4.57 Å². The van der Waals surface area contributed by atoms with Gasteiger partial charge < -0.3 is 10.6 Å². The highest BCUT2D eigenvalue weighted by molar-refractivity contribution is 5.31. The van der Waals surface area contributed by atoms with Gasteiger partial charge in [-0.1, -0.05) is 0 Å². The van der Waals surface area contributed by atoms with Gasteiger partial charge in [-0.05, 0) is 26.2 Å². The number of aromatic nitrogens is 3. The van der Waals surface area contributed by atoms with Crippen LogP contribution in [0.3, 0.4) is 0 Å². The topological polar surface area (TPSA) is 60.0 Å². The molecule has 15 heavy (non-hydrogen) atoms. The molecule has 2 N–H and O–H groups in total. The van der Waals surface area contributed by atoms with E-state index >= 15 is 0 Å². The molecule has 0 amide bonds. The van der Waals surface area contributed by atoms with E-state index in [2.05, 4.69) is 26.6 Å². The summed E-state index contributed by atoms with van der Waals surface area (Å²) >= 11 is 0. The van der Waals surface area contributed by atoms with Gasteiger partial charge in [-0.2, -0.15) is 0 Å². The quantitative estimate of drug-likeness (QED) is 0.798. The standard InChI is InChI=1S/C10H19N5/c1-2-15-9(8-11)12-13-10(15)14-6-4-3-5-7-14/h2-8,11H2,1H3. The van der Waals surface area contributed by atoms with E-state index in [1.807, 2.05) is 0 Å². The highest BCUT2D eigenvalue weighted by Crippen LogP contribution is 2.18. The van der Waals surface area contributed by atoms with E-state index in [-0.39, 0.29) is 0 Å². The third-order valence-electron chi connectivity index (χ3n) is 2.95. The van der Waals surface area contributed by atoms with Crippen molar-refractivity contribution in [2.24, 2.45) is 5.73 Å². The molecule has 2 heterocycles. The highest BCUT2D eigenvalue weighted by Gasteiger charge is 2.18. The van der Waals surface area contributed by atoms with Crippen LogP contribution < -0.4 is 10.6 Å². The Labute approximate surface area is 90.3 Å². The Morgan fingerprint density at radius 3 is 2.53 bits per heavy atom. The molecule has 0 atom stereocenters. The zero-order chi connectivity index (χ0) is 10.7. The summed E-state index contributed by atoms with van der Waals surface area (Å²) in [5, 5.41) is 8.37. The van der Waals surface area contributed by atoms with Crippen LogP contribution in [0.25, 0.3) is 0 Å². The van der Waals surface area contributed by atoms with Crippen molar-refractivity contribution >= 4 is 5.95 Å². The Bertz CT molecular complexity index is 314. The van der Waals surface area contributed by atoms with Crippen molar-refractivity contribution in [3.05, 3.63) is 5.82 Å². The first-order valence-corrected chi connectivity index (χ1v) is 5.74. The average molecular weight is 209 g/mol. The molecule has 1 aliphatic heterocycles. The van der Waals surface area contributed by atoms with Gasteiger partial charge in [0.2, 0.25) is 5.95 Å². The van der Waals surface area contributed by atoms with Gasteiger partial charge in [0, 0.05) is 19.6 Å². The Morgan fingerprint density at radius 1 is 1.20 bits per heavy atom. The van der Waals surface area contributed by atoms with Gasteiger partial charge in [0.25, 0.3) is 0 Å². The molecule has 5 nitrogen and oxygen atoms in total. The van der Waals surface area contributed by atoms with Gasteiger partial charge in [-0.15, -0.1) is 10.2 Å². The molecule has 84 valence electrons. The van der Waals surface area contributed by atoms with Gasteiger partial charge in [0.15, 0.2) is 0 Å². The van der Waals surface area contributed by atoms with Crippen molar-refractivity contribution < 1.29 is 0 Å². The maximum Gasteiger partial charge on any atom is 0.227 e. The lowest BCUT2D eigenvalue weighted by Crippen LogP contribution is -2.32. The summed E-state index contributed by atoms with van der Waals surface area (Å²) in [5.74, 6) is 1.88. The first-order chi connectivity index (χ1) is 7.36. The van der Waals surface area contributed by atoms with E-state index in [0.717, 1.165) is 31.4 Å². The molecular weight excluding hydrogens is 190 g/mol. The second-order valence-corrected chi connectivity index (χ2v) is 3.91. The van der Waals surface area contributed by atoms with Gasteiger partial charge in [0.1, 0.15) is 5.82 Å². The van der Waals surface area contributed by atoms with Gasteiger partial charge in [0.05, 0.1) is 6.54 Å². The van der Waals surface area contributed by atoms with Gasteiger partial charge >= 0.3 is 0 Å². The fraction of sp³-hybridized carbons (Fsp3) is 0.800. The number of nitrogens with two attached hydrogens (primary N) is 1. The predicted molar refractivity (Wildman–Crippen MR) is 59.7 cm³/mol. The van der Waals surface area contributed by atoms with Gasteiger partial charge in [-0.25, -0.2) is 0 Å². The fourth-order valence-corrected chi connectivity index (χ4v) is 2.13. The molecule has 0 radical (unpaired) electrons. The number of nitrogens with zero attached hydrogens (tertiary/aromatic N) is 4. The Morgan fingerprint density at radius 2 is 1.93 bits per heavy atom. The molecule has 1 aromatic heterocycles. The smallest absolute Gasteiger partial charge is 0.227 e. The molecule has 1 fully saturated rings. The van der Waals surface area contributed by atoms with E-state index in [1.54, 1.807) is 0 Å². The van der Waals surface area contributed by atoms with E-state index in [9.17, 15) is 0 Å². The van der Waals surface area contributed by atoms with Crippen molar-refractivity contribution in [2.45, 2.75) is 39.3 Å². The van der Waals surface area contributed by atoms with Crippen molar-refractivity contribution in [2.75, 3.05) is 18.0 Å². The molecule has 0 unspecified atom stereocenters. The maximum absolute atomic E-state index is 5.63. The van der Waals surface area contributed by atoms with Crippen LogP contribution in [0.15, 0.2) is 0 Å². The van der Waals surface area contributed by atoms with Crippen LogP contribution in [-0.4, -0.2) is 27.9 Å². The third kappa shape index (κ3) is 1.97. The monoisotopic (exact) mass is 209 g/mol. The van der Waals surface area contributed by atoms with Crippen molar-refractivity contribution in [3.8, 4) is 0 Å². The predicted octanol–water partition coefficient (Wildman–Crippen LogP) is 0.747. The molecule has 2 rings (SSSR count). The van der Waals surface area contributed by atoms with Crippen LogP contribution in [0, 0.1) is 0 Å². The maximum atomic E-state index is 5.63. The van der Waals surface area contributed by atoms with Crippen LogP contribution >= 0.6 is 0 Å². The number of anilines is 1. The van der Waals surface area contributed by atoms with Crippen LogP contribution in [0.4, 0.5) is 5.95 Å². The SMILES string of the molecule is CCn1c(CN)nnc1N1CCCCC1. The first-order valence-electron chi connectivity index (χ1n) is 5.74. The summed E-state index contributed by atoms with van der Waals surface area (Å²) in [6.07, 6.45) is 3.85. The fourth-order valence-electron chi connectivity index (χ4n) is 2.13. The van der Waals surface area contributed by atoms with E-state index in [4.69, 9.17) is 5.73 Å². The summed E-state index contributed by atoms with van der Waals surface area (Å²) in [6.45, 7) is 5.67. The zero-order valence-corrected chi connectivity index (χ0v) is 9.32. The Kier molecular flexibility index (Phi) is 3.20. The Hall–Kier alpha value is -1.10. The summed E-state index contributed by atoms with van der Waals surface area (Å²) in [5.41, 5.74) is 5.63. The zero-order valence-electron chi connectivity index (χ0n) is 9.32. The molecule has 0 aliphatic carbocycles. The number of piperidine rings is 1. The number of rotatable bonds is 3. The lowest BCUT2D eigenvalue weighted by Gasteiger charge is -2.27. The van der Waals surface area contributed by atoms with E-state index in [1.165, 1.54) is 19.3 Å². The van der Waals surface area contributed by atoms with Crippen LogP contribution in [0.1, 0.15) is 32.0 Å². The highest BCUT2D eigenvalue weighted by atomic mass is 15.4. The molecule has 0 saturated carbocycles. The first kappa shape index (κ1) is 10.4.